The van der Waals surface area contributed by atoms with Crippen molar-refractivity contribution in [2.75, 3.05) is 24.2 Å². The number of likely N-dealkylation sites (N-methyl/N-ethyl adjacent to an activating group) is 1. The van der Waals surface area contributed by atoms with Crippen molar-refractivity contribution in [3.05, 3.63) is 63.6 Å². The molecule has 0 bridgehead atoms. The summed E-state index contributed by atoms with van der Waals surface area (Å²) in [5.41, 5.74) is 2.79. The molecule has 2 amide bonds. The van der Waals surface area contributed by atoms with Crippen LogP contribution in [0.1, 0.15) is 23.6 Å². The van der Waals surface area contributed by atoms with E-state index in [1.54, 1.807) is 32.9 Å². The Morgan fingerprint density at radius 1 is 1.10 bits per heavy atom. The molecule has 1 atom stereocenters. The van der Waals surface area contributed by atoms with Gasteiger partial charge >= 0.3 is 0 Å². The number of para-hydroxylation sites is 1. The van der Waals surface area contributed by atoms with Gasteiger partial charge in [-0.25, -0.2) is 8.42 Å². The minimum absolute atomic E-state index is 0.164. The molecule has 0 fully saturated rings. The second-order valence-corrected chi connectivity index (χ2v) is 10.3. The van der Waals surface area contributed by atoms with Gasteiger partial charge in [0.2, 0.25) is 21.8 Å². The molecule has 168 valence electrons. The summed E-state index contributed by atoms with van der Waals surface area (Å²) in [4.78, 5) is 27.1. The number of sulfonamides is 1. The molecule has 1 N–H and O–H groups in total. The smallest absolute Gasteiger partial charge is 0.244 e. The molecule has 0 saturated carbocycles. The summed E-state index contributed by atoms with van der Waals surface area (Å²) >= 11 is 3.41. The number of anilines is 1. The van der Waals surface area contributed by atoms with Gasteiger partial charge in [-0.1, -0.05) is 46.3 Å². The Labute approximate surface area is 192 Å². The van der Waals surface area contributed by atoms with E-state index in [0.29, 0.717) is 5.69 Å². The highest BCUT2D eigenvalue weighted by molar-refractivity contribution is 9.10. The molecule has 0 radical (unpaired) electrons. The summed E-state index contributed by atoms with van der Waals surface area (Å²) in [6, 6.07) is 12.1. The van der Waals surface area contributed by atoms with E-state index < -0.39 is 28.5 Å². The van der Waals surface area contributed by atoms with Crippen molar-refractivity contribution in [3.63, 3.8) is 0 Å². The van der Waals surface area contributed by atoms with Crippen molar-refractivity contribution in [2.24, 2.45) is 0 Å². The van der Waals surface area contributed by atoms with Gasteiger partial charge in [0.05, 0.1) is 11.9 Å². The lowest BCUT2D eigenvalue weighted by Crippen LogP contribution is -2.50. The molecule has 7 nitrogen and oxygen atoms in total. The first kappa shape index (κ1) is 24.9. The van der Waals surface area contributed by atoms with E-state index in [4.69, 9.17) is 0 Å². The molecule has 0 spiro atoms. The van der Waals surface area contributed by atoms with Crippen LogP contribution in [0.5, 0.6) is 0 Å². The molecule has 31 heavy (non-hydrogen) atoms. The molecule has 0 heterocycles. The quantitative estimate of drug-likeness (QED) is 0.592. The summed E-state index contributed by atoms with van der Waals surface area (Å²) in [6.45, 7) is 4.99. The third-order valence-corrected chi connectivity index (χ3v) is 6.63. The third kappa shape index (κ3) is 6.30. The van der Waals surface area contributed by atoms with Crippen molar-refractivity contribution in [1.29, 1.82) is 0 Å². The fourth-order valence-corrected chi connectivity index (χ4v) is 4.81. The fraction of sp³-hybridized carbons (Fsp3) is 0.364. The number of halogens is 1. The zero-order chi connectivity index (χ0) is 23.3. The maximum Gasteiger partial charge on any atom is 0.244 e. The number of carbonyl (C=O) groups is 2. The maximum absolute atomic E-state index is 13.4. The molecule has 2 aromatic carbocycles. The molecule has 0 unspecified atom stereocenters. The van der Waals surface area contributed by atoms with E-state index in [9.17, 15) is 18.0 Å². The van der Waals surface area contributed by atoms with Gasteiger partial charge in [0, 0.05) is 18.1 Å². The van der Waals surface area contributed by atoms with Crippen LogP contribution < -0.4 is 9.62 Å². The predicted octanol–water partition coefficient (Wildman–Crippen LogP) is 3.00. The number of nitrogens with zero attached hydrogens (tertiary/aromatic N) is 2. The van der Waals surface area contributed by atoms with Gasteiger partial charge in [-0.15, -0.1) is 0 Å². The minimum atomic E-state index is -3.74. The number of nitrogens with one attached hydrogen (secondary N) is 1. The molecular weight excluding hydrogens is 482 g/mol. The van der Waals surface area contributed by atoms with Gasteiger partial charge in [-0.05, 0) is 49.6 Å². The van der Waals surface area contributed by atoms with Crippen LogP contribution in [0.4, 0.5) is 5.69 Å². The molecule has 0 aromatic heterocycles. The number of benzene rings is 2. The highest BCUT2D eigenvalue weighted by atomic mass is 79.9. The molecular formula is C22H28BrN3O4S. The van der Waals surface area contributed by atoms with E-state index in [1.165, 1.54) is 11.9 Å². The SMILES string of the molecule is CNC(=O)[C@@H](C)N(Cc1cccc(Br)c1)C(=O)CN(c1c(C)cccc1C)S(C)(=O)=O. The first-order valence-electron chi connectivity index (χ1n) is 9.75. The van der Waals surface area contributed by atoms with Crippen LogP contribution in [0.15, 0.2) is 46.9 Å². The van der Waals surface area contributed by atoms with Crippen molar-refractivity contribution in [3.8, 4) is 0 Å². The Morgan fingerprint density at radius 2 is 1.68 bits per heavy atom. The van der Waals surface area contributed by atoms with Gasteiger partial charge < -0.3 is 10.2 Å². The van der Waals surface area contributed by atoms with E-state index in [-0.39, 0.29) is 12.5 Å². The van der Waals surface area contributed by atoms with Crippen LogP contribution in [-0.4, -0.2) is 51.0 Å². The largest absolute Gasteiger partial charge is 0.357 e. The number of carbonyl (C=O) groups excluding carboxylic acids is 2. The lowest BCUT2D eigenvalue weighted by atomic mass is 10.1. The summed E-state index contributed by atoms with van der Waals surface area (Å²) < 4.78 is 27.2. The number of hydrogen-bond acceptors (Lipinski definition) is 4. The number of amides is 2. The molecule has 0 saturated heterocycles. The Hall–Kier alpha value is -2.39. The Morgan fingerprint density at radius 3 is 2.19 bits per heavy atom. The maximum atomic E-state index is 13.4. The molecule has 2 rings (SSSR count). The van der Waals surface area contributed by atoms with Crippen molar-refractivity contribution < 1.29 is 18.0 Å². The Kier molecular flexibility index (Phi) is 8.25. The molecule has 9 heteroatoms. The highest BCUT2D eigenvalue weighted by Gasteiger charge is 2.30. The van der Waals surface area contributed by atoms with Crippen LogP contribution in [-0.2, 0) is 26.2 Å². The summed E-state index contributed by atoms with van der Waals surface area (Å²) in [5.74, 6) is -0.800. The minimum Gasteiger partial charge on any atom is -0.357 e. The average Bonchev–Trinajstić information content (AvgIpc) is 2.69. The molecule has 0 aliphatic carbocycles. The van der Waals surface area contributed by atoms with Gasteiger partial charge in [0.15, 0.2) is 0 Å². The zero-order valence-electron chi connectivity index (χ0n) is 18.3. The second-order valence-electron chi connectivity index (χ2n) is 7.45. The Balaban J connectivity index is 2.45. The van der Waals surface area contributed by atoms with E-state index in [2.05, 4.69) is 21.2 Å². The van der Waals surface area contributed by atoms with Gasteiger partial charge in [-0.3, -0.25) is 13.9 Å². The normalized spacial score (nSPS) is 12.2. The molecule has 0 aliphatic heterocycles. The first-order chi connectivity index (χ1) is 14.5. The fourth-order valence-electron chi connectivity index (χ4n) is 3.40. The Bertz CT molecular complexity index is 1050. The zero-order valence-corrected chi connectivity index (χ0v) is 20.7. The summed E-state index contributed by atoms with van der Waals surface area (Å²) in [7, 11) is -2.24. The second kappa shape index (κ2) is 10.3. The predicted molar refractivity (Wildman–Crippen MR) is 126 cm³/mol. The standard InChI is InChI=1S/C22H28BrN3O4S/c1-15-8-6-9-16(2)21(15)26(31(5,29)30)14-20(27)25(17(3)22(28)24-4)13-18-10-7-11-19(23)12-18/h6-12,17H,13-14H2,1-5H3,(H,24,28)/t17-/m1/s1. The van der Waals surface area contributed by atoms with Crippen LogP contribution in [0.2, 0.25) is 0 Å². The number of aryl methyl sites for hydroxylation is 2. The topological polar surface area (TPSA) is 86.8 Å². The van der Waals surface area contributed by atoms with Crippen molar-refractivity contribution in [2.45, 2.75) is 33.4 Å². The van der Waals surface area contributed by atoms with Gasteiger partial charge in [0.1, 0.15) is 12.6 Å². The monoisotopic (exact) mass is 509 g/mol. The van der Waals surface area contributed by atoms with E-state index >= 15 is 0 Å². The van der Waals surface area contributed by atoms with Crippen molar-refractivity contribution >= 4 is 43.5 Å². The lowest BCUT2D eigenvalue weighted by Gasteiger charge is -2.32. The highest BCUT2D eigenvalue weighted by Crippen LogP contribution is 2.27. The van der Waals surface area contributed by atoms with Crippen LogP contribution >= 0.6 is 15.9 Å². The summed E-state index contributed by atoms with van der Waals surface area (Å²) in [6.07, 6.45) is 1.08. The first-order valence-corrected chi connectivity index (χ1v) is 12.4. The molecule has 0 aliphatic rings. The van der Waals surface area contributed by atoms with Crippen LogP contribution in [0, 0.1) is 13.8 Å². The van der Waals surface area contributed by atoms with Gasteiger partial charge in [-0.2, -0.15) is 0 Å². The lowest BCUT2D eigenvalue weighted by molar-refractivity contribution is -0.139. The van der Waals surface area contributed by atoms with Crippen LogP contribution in [0.25, 0.3) is 0 Å². The number of rotatable bonds is 8. The van der Waals surface area contributed by atoms with Crippen LogP contribution in [0.3, 0.4) is 0 Å². The van der Waals surface area contributed by atoms with Crippen molar-refractivity contribution in [1.82, 2.24) is 10.2 Å². The number of hydrogen-bond donors (Lipinski definition) is 1. The average molecular weight is 510 g/mol. The summed E-state index contributed by atoms with van der Waals surface area (Å²) in [5, 5.41) is 2.56. The van der Waals surface area contributed by atoms with E-state index in [1.807, 2.05) is 30.3 Å². The molecule has 2 aromatic rings. The third-order valence-electron chi connectivity index (χ3n) is 5.02. The van der Waals surface area contributed by atoms with Gasteiger partial charge in [0.25, 0.3) is 0 Å². The van der Waals surface area contributed by atoms with E-state index in [0.717, 1.165) is 31.7 Å².